The fourth-order valence-electron chi connectivity index (χ4n) is 2.37. The molecule has 0 aliphatic carbocycles. The second kappa shape index (κ2) is 5.10. The number of rotatable bonds is 3. The Labute approximate surface area is 100.0 Å². The molecule has 17 heavy (non-hydrogen) atoms. The SMILES string of the molecule is COC1(Cc2cccc(F)c2F)CCNCC1. The molecule has 0 radical (unpaired) electrons. The predicted octanol–water partition coefficient (Wildman–Crippen LogP) is 2.28. The molecule has 0 spiro atoms. The van der Waals surface area contributed by atoms with Crippen molar-refractivity contribution in [2.24, 2.45) is 0 Å². The average molecular weight is 241 g/mol. The molecular formula is C13H17F2NO. The van der Waals surface area contributed by atoms with Gasteiger partial charge in [-0.25, -0.2) is 8.78 Å². The molecule has 1 heterocycles. The first-order valence-corrected chi connectivity index (χ1v) is 5.86. The molecule has 1 saturated heterocycles. The molecule has 1 N–H and O–H groups in total. The number of nitrogens with one attached hydrogen (secondary N) is 1. The molecule has 4 heteroatoms. The lowest BCUT2D eigenvalue weighted by molar-refractivity contribution is -0.0339. The Morgan fingerprint density at radius 2 is 2.00 bits per heavy atom. The maximum atomic E-state index is 13.6. The van der Waals surface area contributed by atoms with Crippen molar-refractivity contribution in [1.29, 1.82) is 0 Å². The number of piperidine rings is 1. The topological polar surface area (TPSA) is 21.3 Å². The standard InChI is InChI=1S/C13H17F2NO/c1-17-13(5-7-16-8-6-13)9-10-3-2-4-11(14)12(10)15/h2-4,16H,5-9H2,1H3. The molecule has 1 aliphatic heterocycles. The molecule has 1 fully saturated rings. The molecule has 0 aromatic heterocycles. The third-order valence-electron chi connectivity index (χ3n) is 3.49. The molecule has 2 rings (SSSR count). The molecule has 0 unspecified atom stereocenters. The molecule has 1 aliphatic rings. The number of ether oxygens (including phenoxy) is 1. The van der Waals surface area contributed by atoms with Crippen LogP contribution in [0.15, 0.2) is 18.2 Å². The Kier molecular flexibility index (Phi) is 3.74. The highest BCUT2D eigenvalue weighted by molar-refractivity contribution is 5.21. The van der Waals surface area contributed by atoms with E-state index >= 15 is 0 Å². The third kappa shape index (κ3) is 2.64. The van der Waals surface area contributed by atoms with Crippen molar-refractivity contribution in [1.82, 2.24) is 5.32 Å². The zero-order valence-electron chi connectivity index (χ0n) is 9.93. The lowest BCUT2D eigenvalue weighted by Gasteiger charge is -2.36. The van der Waals surface area contributed by atoms with E-state index in [-0.39, 0.29) is 5.60 Å². The highest BCUT2D eigenvalue weighted by Crippen LogP contribution is 2.28. The lowest BCUT2D eigenvalue weighted by atomic mass is 9.85. The van der Waals surface area contributed by atoms with Crippen LogP contribution in [0.1, 0.15) is 18.4 Å². The van der Waals surface area contributed by atoms with E-state index in [1.165, 1.54) is 6.07 Å². The number of hydrogen-bond donors (Lipinski definition) is 1. The minimum atomic E-state index is -0.789. The van der Waals surface area contributed by atoms with Gasteiger partial charge in [0.1, 0.15) is 0 Å². The van der Waals surface area contributed by atoms with Gasteiger partial charge in [-0.05, 0) is 37.6 Å². The molecule has 1 aromatic carbocycles. The number of hydrogen-bond acceptors (Lipinski definition) is 2. The van der Waals surface area contributed by atoms with Gasteiger partial charge in [-0.15, -0.1) is 0 Å². The molecule has 2 nitrogen and oxygen atoms in total. The predicted molar refractivity (Wildman–Crippen MR) is 61.9 cm³/mol. The van der Waals surface area contributed by atoms with Crippen molar-refractivity contribution < 1.29 is 13.5 Å². The van der Waals surface area contributed by atoms with Crippen LogP contribution in [0.5, 0.6) is 0 Å². The molecule has 0 saturated carbocycles. The summed E-state index contributed by atoms with van der Waals surface area (Å²) in [6.07, 6.45) is 2.06. The van der Waals surface area contributed by atoms with Crippen LogP contribution in [0, 0.1) is 11.6 Å². The summed E-state index contributed by atoms with van der Waals surface area (Å²) < 4.78 is 32.3. The quantitative estimate of drug-likeness (QED) is 0.876. The Bertz CT molecular complexity index is 389. The van der Waals surface area contributed by atoms with Gasteiger partial charge in [-0.2, -0.15) is 0 Å². The summed E-state index contributed by atoms with van der Waals surface area (Å²) in [7, 11) is 1.64. The van der Waals surface area contributed by atoms with Crippen molar-refractivity contribution in [2.75, 3.05) is 20.2 Å². The minimum absolute atomic E-state index is 0.361. The first-order valence-electron chi connectivity index (χ1n) is 5.86. The van der Waals surface area contributed by atoms with Crippen LogP contribution in [-0.4, -0.2) is 25.8 Å². The third-order valence-corrected chi connectivity index (χ3v) is 3.49. The van der Waals surface area contributed by atoms with Gasteiger partial charge in [0.05, 0.1) is 5.60 Å². The van der Waals surface area contributed by atoms with Gasteiger partial charge < -0.3 is 10.1 Å². The zero-order chi connectivity index (χ0) is 12.3. The lowest BCUT2D eigenvalue weighted by Crippen LogP contribution is -2.45. The van der Waals surface area contributed by atoms with Crippen LogP contribution in [0.3, 0.4) is 0 Å². The fourth-order valence-corrected chi connectivity index (χ4v) is 2.37. The second-order valence-electron chi connectivity index (χ2n) is 4.53. The molecule has 94 valence electrons. The van der Waals surface area contributed by atoms with Crippen molar-refractivity contribution in [3.63, 3.8) is 0 Å². The van der Waals surface area contributed by atoms with Crippen LogP contribution >= 0.6 is 0 Å². The Hall–Kier alpha value is -1.00. The Morgan fingerprint density at radius 1 is 1.29 bits per heavy atom. The van der Waals surface area contributed by atoms with E-state index in [1.54, 1.807) is 13.2 Å². The Morgan fingerprint density at radius 3 is 2.65 bits per heavy atom. The van der Waals surface area contributed by atoms with E-state index in [0.29, 0.717) is 12.0 Å². The van der Waals surface area contributed by atoms with Crippen molar-refractivity contribution in [3.8, 4) is 0 Å². The van der Waals surface area contributed by atoms with Gasteiger partial charge in [0.15, 0.2) is 11.6 Å². The number of benzene rings is 1. The van der Waals surface area contributed by atoms with Crippen LogP contribution in [0.2, 0.25) is 0 Å². The maximum Gasteiger partial charge on any atom is 0.162 e. The smallest absolute Gasteiger partial charge is 0.162 e. The van der Waals surface area contributed by atoms with E-state index < -0.39 is 11.6 Å². The summed E-state index contributed by atoms with van der Waals surface area (Å²) >= 11 is 0. The van der Waals surface area contributed by atoms with E-state index in [0.717, 1.165) is 32.0 Å². The van der Waals surface area contributed by atoms with Gasteiger partial charge >= 0.3 is 0 Å². The summed E-state index contributed by atoms with van der Waals surface area (Å²) in [5.41, 5.74) is 0.0358. The van der Waals surface area contributed by atoms with Gasteiger partial charge in [0.2, 0.25) is 0 Å². The normalized spacial score (nSPS) is 19.2. The molecule has 0 atom stereocenters. The van der Waals surface area contributed by atoms with E-state index in [4.69, 9.17) is 4.74 Å². The Balaban J connectivity index is 2.20. The van der Waals surface area contributed by atoms with Gasteiger partial charge in [-0.3, -0.25) is 0 Å². The highest BCUT2D eigenvalue weighted by Gasteiger charge is 2.33. The van der Waals surface area contributed by atoms with Crippen molar-refractivity contribution in [2.45, 2.75) is 24.9 Å². The maximum absolute atomic E-state index is 13.6. The second-order valence-corrected chi connectivity index (χ2v) is 4.53. The van der Waals surface area contributed by atoms with E-state index in [9.17, 15) is 8.78 Å². The van der Waals surface area contributed by atoms with Crippen LogP contribution in [0.4, 0.5) is 8.78 Å². The largest absolute Gasteiger partial charge is 0.378 e. The van der Waals surface area contributed by atoms with Crippen LogP contribution < -0.4 is 5.32 Å². The molecule has 0 bridgehead atoms. The van der Waals surface area contributed by atoms with Crippen LogP contribution in [0.25, 0.3) is 0 Å². The number of halogens is 2. The van der Waals surface area contributed by atoms with Crippen molar-refractivity contribution in [3.05, 3.63) is 35.4 Å². The zero-order valence-corrected chi connectivity index (χ0v) is 9.93. The van der Waals surface area contributed by atoms with E-state index in [2.05, 4.69) is 5.32 Å². The van der Waals surface area contributed by atoms with Crippen LogP contribution in [-0.2, 0) is 11.2 Å². The monoisotopic (exact) mass is 241 g/mol. The molecular weight excluding hydrogens is 224 g/mol. The summed E-state index contributed by atoms with van der Waals surface area (Å²) in [5, 5.41) is 3.24. The number of methoxy groups -OCH3 is 1. The average Bonchev–Trinajstić information content (AvgIpc) is 2.36. The molecule has 0 amide bonds. The fraction of sp³-hybridized carbons (Fsp3) is 0.538. The van der Waals surface area contributed by atoms with Crippen molar-refractivity contribution >= 4 is 0 Å². The van der Waals surface area contributed by atoms with Gasteiger partial charge in [-0.1, -0.05) is 12.1 Å². The first kappa shape index (κ1) is 12.5. The summed E-state index contributed by atoms with van der Waals surface area (Å²) in [4.78, 5) is 0. The van der Waals surface area contributed by atoms with Gasteiger partial charge in [0.25, 0.3) is 0 Å². The first-order chi connectivity index (χ1) is 8.17. The summed E-state index contributed by atoms with van der Waals surface area (Å²) in [5.74, 6) is -1.54. The molecule has 1 aromatic rings. The summed E-state index contributed by atoms with van der Waals surface area (Å²) in [6, 6.07) is 4.31. The minimum Gasteiger partial charge on any atom is -0.378 e. The van der Waals surface area contributed by atoms with Gasteiger partial charge in [0, 0.05) is 13.5 Å². The van der Waals surface area contributed by atoms with E-state index in [1.807, 2.05) is 0 Å². The summed E-state index contributed by atoms with van der Waals surface area (Å²) in [6.45, 7) is 1.70. The highest BCUT2D eigenvalue weighted by atomic mass is 19.2.